The molecule has 0 saturated heterocycles. The van der Waals surface area contributed by atoms with Gasteiger partial charge in [-0.15, -0.1) is 0 Å². The fraction of sp³-hybridized carbons (Fsp3) is 0.409. The standard InChI is InChI=1S/C11H14N2S.C9H13BrN2O.C2H6/c1-11(7-8-14-10(12)13-11)9-5-3-2-4-6-9;1-4-12-9(13)8(11-3)6-5-7(2)10;1-2/h2-6H,7-8H2,1H3,(H2,12,13);5-6H,3-4H2,1-2H3,(H,12,13);1-2H3/b;7-5+,8-6-;. The van der Waals surface area contributed by atoms with Crippen LogP contribution in [0, 0.1) is 0 Å². The molecule has 3 N–H and O–H groups in total. The molecule has 1 amide bonds. The first kappa shape index (κ1) is 27.1. The largest absolute Gasteiger partial charge is 0.379 e. The normalized spacial score (nSPS) is 18.9. The predicted octanol–water partition coefficient (Wildman–Crippen LogP) is 5.39. The Bertz CT molecular complexity index is 728. The molecule has 0 bridgehead atoms. The van der Waals surface area contributed by atoms with Crippen molar-refractivity contribution in [3.8, 4) is 0 Å². The van der Waals surface area contributed by atoms with Crippen molar-refractivity contribution in [2.75, 3.05) is 12.3 Å². The van der Waals surface area contributed by atoms with E-state index in [1.54, 1.807) is 23.9 Å². The number of nitrogens with two attached hydrogens (primary N) is 1. The molecule has 0 fully saturated rings. The highest BCUT2D eigenvalue weighted by Gasteiger charge is 2.28. The molecule has 29 heavy (non-hydrogen) atoms. The highest BCUT2D eigenvalue weighted by atomic mass is 79.9. The Morgan fingerprint density at radius 2 is 2.00 bits per heavy atom. The van der Waals surface area contributed by atoms with E-state index in [0.29, 0.717) is 17.4 Å². The van der Waals surface area contributed by atoms with E-state index in [9.17, 15) is 4.79 Å². The van der Waals surface area contributed by atoms with E-state index >= 15 is 0 Å². The van der Waals surface area contributed by atoms with Crippen molar-refractivity contribution in [1.82, 2.24) is 5.32 Å². The Morgan fingerprint density at radius 1 is 1.38 bits per heavy atom. The molecule has 2 rings (SSSR count). The number of hydrogen-bond acceptors (Lipinski definition) is 5. The SMILES string of the molecule is C=N/C(=C\C=C(/C)Br)C(=O)NCC.CC.CC1(c2ccccc2)CCSC(N)=N1. The minimum Gasteiger partial charge on any atom is -0.379 e. The van der Waals surface area contributed by atoms with Crippen LogP contribution in [0.3, 0.4) is 0 Å². The van der Waals surface area contributed by atoms with Crippen molar-refractivity contribution in [3.05, 3.63) is 58.2 Å². The number of nitrogens with one attached hydrogen (secondary N) is 1. The maximum absolute atomic E-state index is 11.2. The van der Waals surface area contributed by atoms with Crippen molar-refractivity contribution in [3.63, 3.8) is 0 Å². The van der Waals surface area contributed by atoms with Gasteiger partial charge in [0.05, 0.1) is 5.54 Å². The Labute approximate surface area is 188 Å². The average Bonchev–Trinajstić information content (AvgIpc) is 2.71. The zero-order valence-electron chi connectivity index (χ0n) is 18.0. The summed E-state index contributed by atoms with van der Waals surface area (Å²) >= 11 is 4.89. The van der Waals surface area contributed by atoms with Crippen LogP contribution in [0.1, 0.15) is 46.6 Å². The van der Waals surface area contributed by atoms with Gasteiger partial charge in [0, 0.05) is 12.3 Å². The first-order valence-corrected chi connectivity index (χ1v) is 11.4. The van der Waals surface area contributed by atoms with Crippen LogP contribution < -0.4 is 11.1 Å². The molecule has 5 nitrogen and oxygen atoms in total. The number of aliphatic imine (C=N–C) groups is 2. The second-order valence-electron chi connectivity index (χ2n) is 6.01. The molecule has 0 spiro atoms. The molecule has 0 radical (unpaired) electrons. The summed E-state index contributed by atoms with van der Waals surface area (Å²) in [6.07, 6.45) is 4.42. The highest BCUT2D eigenvalue weighted by Crippen LogP contribution is 2.34. The van der Waals surface area contributed by atoms with Crippen molar-refractivity contribution in [2.45, 2.75) is 46.6 Å². The van der Waals surface area contributed by atoms with Crippen LogP contribution in [-0.2, 0) is 10.3 Å². The number of rotatable bonds is 5. The summed E-state index contributed by atoms with van der Waals surface area (Å²) in [5.41, 5.74) is 7.22. The minimum absolute atomic E-state index is 0.114. The number of halogens is 1. The molecule has 1 aliphatic rings. The first-order chi connectivity index (χ1) is 13.8. The maximum atomic E-state index is 11.2. The van der Waals surface area contributed by atoms with Gasteiger partial charge in [0.25, 0.3) is 5.91 Å². The van der Waals surface area contributed by atoms with E-state index in [0.717, 1.165) is 16.7 Å². The van der Waals surface area contributed by atoms with Crippen LogP contribution in [0.2, 0.25) is 0 Å². The molecular formula is C22H33BrN4OS. The highest BCUT2D eigenvalue weighted by molar-refractivity contribution is 9.11. The minimum atomic E-state index is -0.206. The number of amidine groups is 1. The van der Waals surface area contributed by atoms with Crippen LogP contribution in [0.5, 0.6) is 0 Å². The number of likely N-dealkylation sites (N-methyl/N-ethyl adjacent to an activating group) is 1. The molecule has 0 aromatic heterocycles. The van der Waals surface area contributed by atoms with Crippen molar-refractivity contribution < 1.29 is 4.79 Å². The summed E-state index contributed by atoms with van der Waals surface area (Å²) < 4.78 is 0.929. The zero-order chi connectivity index (χ0) is 22.3. The number of allylic oxidation sites excluding steroid dienone is 3. The summed E-state index contributed by atoms with van der Waals surface area (Å²) in [7, 11) is 0. The molecule has 7 heteroatoms. The van der Waals surface area contributed by atoms with E-state index < -0.39 is 0 Å². The maximum Gasteiger partial charge on any atom is 0.269 e. The molecule has 1 aliphatic heterocycles. The number of benzene rings is 1. The van der Waals surface area contributed by atoms with Crippen LogP contribution >= 0.6 is 27.7 Å². The third-order valence-electron chi connectivity index (χ3n) is 3.80. The second-order valence-corrected chi connectivity index (χ2v) is 8.38. The molecule has 1 atom stereocenters. The quantitative estimate of drug-likeness (QED) is 0.336. The molecule has 1 unspecified atom stereocenters. The van der Waals surface area contributed by atoms with Crippen molar-refractivity contribution in [1.29, 1.82) is 0 Å². The van der Waals surface area contributed by atoms with Crippen LogP contribution in [0.4, 0.5) is 0 Å². The van der Waals surface area contributed by atoms with Gasteiger partial charge in [-0.05, 0) is 50.0 Å². The summed E-state index contributed by atoms with van der Waals surface area (Å²) in [5.74, 6) is 0.850. The van der Waals surface area contributed by atoms with E-state index in [1.807, 2.05) is 45.9 Å². The fourth-order valence-corrected chi connectivity index (χ4v) is 3.44. The number of nitrogens with zero attached hydrogens (tertiary/aromatic N) is 2. The third kappa shape index (κ3) is 10.5. The van der Waals surface area contributed by atoms with Gasteiger partial charge in [0.15, 0.2) is 5.17 Å². The summed E-state index contributed by atoms with van der Waals surface area (Å²) in [6.45, 7) is 13.8. The third-order valence-corrected chi connectivity index (χ3v) is 4.86. The molecular weight excluding hydrogens is 448 g/mol. The Balaban J connectivity index is 0.000000500. The number of amides is 1. The molecule has 1 heterocycles. The van der Waals surface area contributed by atoms with Gasteiger partial charge < -0.3 is 11.1 Å². The van der Waals surface area contributed by atoms with Crippen LogP contribution in [0.25, 0.3) is 0 Å². The zero-order valence-corrected chi connectivity index (χ0v) is 20.4. The smallest absolute Gasteiger partial charge is 0.269 e. The van der Waals surface area contributed by atoms with E-state index in [1.165, 1.54) is 5.56 Å². The molecule has 0 aliphatic carbocycles. The lowest BCUT2D eigenvalue weighted by Gasteiger charge is -2.29. The van der Waals surface area contributed by atoms with Crippen molar-refractivity contribution in [2.24, 2.45) is 15.7 Å². The second kappa shape index (κ2) is 15.0. The monoisotopic (exact) mass is 480 g/mol. The fourth-order valence-electron chi connectivity index (χ4n) is 2.34. The summed E-state index contributed by atoms with van der Waals surface area (Å²) in [4.78, 5) is 19.4. The van der Waals surface area contributed by atoms with Gasteiger partial charge in [-0.25, -0.2) is 0 Å². The number of carbonyl (C=O) groups is 1. The van der Waals surface area contributed by atoms with Gasteiger partial charge in [0.2, 0.25) is 0 Å². The van der Waals surface area contributed by atoms with Crippen LogP contribution in [-0.4, -0.2) is 30.1 Å². The van der Waals surface area contributed by atoms with E-state index in [2.05, 4.69) is 57.0 Å². The van der Waals surface area contributed by atoms with Gasteiger partial charge in [0.1, 0.15) is 5.70 Å². The Morgan fingerprint density at radius 3 is 2.48 bits per heavy atom. The van der Waals surface area contributed by atoms with Crippen molar-refractivity contribution >= 4 is 45.5 Å². The molecule has 1 aromatic carbocycles. The Hall–Kier alpha value is -1.86. The molecule has 1 aromatic rings. The van der Waals surface area contributed by atoms with Gasteiger partial charge in [-0.1, -0.05) is 77.9 Å². The number of hydrogen-bond donors (Lipinski definition) is 2. The summed E-state index contributed by atoms with van der Waals surface area (Å²) in [6, 6.07) is 10.4. The lowest BCUT2D eigenvalue weighted by atomic mass is 9.90. The van der Waals surface area contributed by atoms with Crippen LogP contribution in [0.15, 0.2) is 62.6 Å². The molecule has 160 valence electrons. The average molecular weight is 482 g/mol. The Kier molecular flexibility index (Phi) is 14.1. The van der Waals surface area contributed by atoms with E-state index in [4.69, 9.17) is 5.73 Å². The van der Waals surface area contributed by atoms with Gasteiger partial charge >= 0.3 is 0 Å². The lowest BCUT2D eigenvalue weighted by molar-refractivity contribution is -0.117. The number of carbonyl (C=O) groups excluding carboxylic acids is 1. The number of thioether (sulfide) groups is 1. The first-order valence-electron chi connectivity index (χ1n) is 9.65. The predicted molar refractivity (Wildman–Crippen MR) is 133 cm³/mol. The van der Waals surface area contributed by atoms with Gasteiger partial charge in [-0.2, -0.15) is 0 Å². The van der Waals surface area contributed by atoms with Gasteiger partial charge in [-0.3, -0.25) is 14.8 Å². The van der Waals surface area contributed by atoms with E-state index in [-0.39, 0.29) is 11.4 Å². The summed E-state index contributed by atoms with van der Waals surface area (Å²) in [5, 5.41) is 3.35. The topological polar surface area (TPSA) is 79.8 Å². The lowest BCUT2D eigenvalue weighted by Crippen LogP contribution is -2.28. The molecule has 0 saturated carbocycles.